The van der Waals surface area contributed by atoms with Gasteiger partial charge in [0, 0.05) is 13.8 Å². The molecule has 1 aliphatic rings. The van der Waals surface area contributed by atoms with E-state index in [4.69, 9.17) is 0 Å². The lowest BCUT2D eigenvalue weighted by Gasteiger charge is -2.43. The molecule has 4 nitrogen and oxygen atoms in total. The second-order valence-corrected chi connectivity index (χ2v) is 9.34. The molecule has 9 heteroatoms. The molecule has 0 unspecified atom stereocenters. The molecule has 26 heavy (non-hydrogen) atoms. The van der Waals surface area contributed by atoms with E-state index in [9.17, 15) is 22.8 Å². The predicted octanol–water partition coefficient (Wildman–Crippen LogP) is 4.11. The Hall–Kier alpha value is -1.61. The zero-order valence-corrected chi connectivity index (χ0v) is 16.9. The van der Waals surface area contributed by atoms with Gasteiger partial charge in [0.05, 0.1) is 5.56 Å². The van der Waals surface area contributed by atoms with Crippen LogP contribution >= 0.6 is 31.9 Å². The van der Waals surface area contributed by atoms with Crippen LogP contribution < -0.4 is 10.6 Å². The summed E-state index contributed by atoms with van der Waals surface area (Å²) in [5, 5.41) is 5.23. The highest BCUT2D eigenvalue weighted by Crippen LogP contribution is 2.46. The average molecular weight is 496 g/mol. The molecule has 0 atom stereocenters. The first kappa shape index (κ1) is 20.7. The minimum Gasteiger partial charge on any atom is -0.328 e. The van der Waals surface area contributed by atoms with Gasteiger partial charge in [0.25, 0.3) is 0 Å². The summed E-state index contributed by atoms with van der Waals surface area (Å²) in [5.74, 6) is -0.863. The van der Waals surface area contributed by atoms with E-state index >= 15 is 0 Å². The van der Waals surface area contributed by atoms with Crippen molar-refractivity contribution in [2.45, 2.75) is 28.9 Å². The molecule has 1 aliphatic carbocycles. The average Bonchev–Trinajstić information content (AvgIpc) is 2.48. The van der Waals surface area contributed by atoms with E-state index in [1.165, 1.54) is 50.3 Å². The number of carbonyl (C=O) groups excluding carboxylic acids is 2. The molecular formula is C17H15Br2F3N2O2. The Balaban J connectivity index is 2.56. The third-order valence-electron chi connectivity index (χ3n) is 3.67. The monoisotopic (exact) mass is 494 g/mol. The van der Waals surface area contributed by atoms with Crippen LogP contribution in [0.5, 0.6) is 0 Å². The molecule has 2 rings (SSSR count). The van der Waals surface area contributed by atoms with Gasteiger partial charge in [-0.2, -0.15) is 13.2 Å². The molecule has 0 radical (unpaired) electrons. The summed E-state index contributed by atoms with van der Waals surface area (Å²) in [4.78, 5) is 23.2. The Morgan fingerprint density at radius 2 is 1.58 bits per heavy atom. The number of amides is 2. The van der Waals surface area contributed by atoms with E-state index in [1.807, 2.05) is 0 Å². The first-order valence-corrected chi connectivity index (χ1v) is 9.00. The van der Waals surface area contributed by atoms with Gasteiger partial charge in [-0.25, -0.2) is 0 Å². The van der Waals surface area contributed by atoms with Crippen LogP contribution in [0.1, 0.15) is 25.0 Å². The van der Waals surface area contributed by atoms with Crippen molar-refractivity contribution < 1.29 is 22.8 Å². The lowest BCUT2D eigenvalue weighted by Crippen LogP contribution is -2.67. The fourth-order valence-corrected chi connectivity index (χ4v) is 3.82. The summed E-state index contributed by atoms with van der Waals surface area (Å²) in [6.07, 6.45) is -0.196. The van der Waals surface area contributed by atoms with Crippen LogP contribution in [0.15, 0.2) is 42.5 Å². The Morgan fingerprint density at radius 3 is 2.04 bits per heavy atom. The second kappa shape index (κ2) is 7.19. The van der Waals surface area contributed by atoms with Crippen LogP contribution in [0.3, 0.4) is 0 Å². The summed E-state index contributed by atoms with van der Waals surface area (Å²) in [6, 6.07) is 5.18. The van der Waals surface area contributed by atoms with Crippen LogP contribution in [0.2, 0.25) is 0 Å². The van der Waals surface area contributed by atoms with E-state index < -0.39 is 32.5 Å². The van der Waals surface area contributed by atoms with Gasteiger partial charge >= 0.3 is 6.18 Å². The van der Waals surface area contributed by atoms with Crippen molar-refractivity contribution in [2.75, 3.05) is 0 Å². The minimum atomic E-state index is -4.52. The molecule has 0 fully saturated rings. The van der Waals surface area contributed by atoms with Gasteiger partial charge in [0.15, 0.2) is 5.66 Å². The smallest absolute Gasteiger partial charge is 0.328 e. The fraction of sp³-hybridized carbons (Fsp3) is 0.294. The maximum absolute atomic E-state index is 13.3. The van der Waals surface area contributed by atoms with Crippen molar-refractivity contribution in [3.05, 3.63) is 53.6 Å². The molecule has 1 aromatic carbocycles. The van der Waals surface area contributed by atoms with E-state index in [0.29, 0.717) is 0 Å². The lowest BCUT2D eigenvalue weighted by molar-refractivity contribution is -0.137. The fourth-order valence-electron chi connectivity index (χ4n) is 2.67. The van der Waals surface area contributed by atoms with E-state index in [-0.39, 0.29) is 11.1 Å². The highest BCUT2D eigenvalue weighted by Gasteiger charge is 2.49. The van der Waals surface area contributed by atoms with Gasteiger partial charge in [-0.1, -0.05) is 56.1 Å². The van der Waals surface area contributed by atoms with Gasteiger partial charge in [-0.3, -0.25) is 9.59 Å². The summed E-state index contributed by atoms with van der Waals surface area (Å²) >= 11 is 6.73. The molecule has 0 aromatic heterocycles. The molecule has 0 saturated heterocycles. The number of halogens is 5. The number of allylic oxidation sites excluding steroid dienone is 2. The molecule has 140 valence electrons. The van der Waals surface area contributed by atoms with Crippen LogP contribution in [-0.4, -0.2) is 20.7 Å². The number of rotatable bonds is 3. The number of nitrogens with one attached hydrogen (secondary N) is 2. The van der Waals surface area contributed by atoms with Gasteiger partial charge in [-0.05, 0) is 29.4 Å². The van der Waals surface area contributed by atoms with Crippen molar-refractivity contribution in [1.82, 2.24) is 10.6 Å². The molecular weight excluding hydrogens is 481 g/mol. The largest absolute Gasteiger partial charge is 0.417 e. The highest BCUT2D eigenvalue weighted by molar-refractivity contribution is 9.25. The van der Waals surface area contributed by atoms with E-state index in [0.717, 1.165) is 6.07 Å². The first-order valence-electron chi connectivity index (χ1n) is 7.42. The summed E-state index contributed by atoms with van der Waals surface area (Å²) < 4.78 is 38.7. The van der Waals surface area contributed by atoms with Crippen LogP contribution in [0.4, 0.5) is 13.2 Å². The molecule has 2 N–H and O–H groups in total. The third kappa shape index (κ3) is 4.20. The number of benzene rings is 1. The standard InChI is InChI=1S/C17H15Br2F3N2O2/c1-10(25)23-16(24-11(2)26)8-7-12(9-15(16,18)19)13-5-3-4-6-14(13)17(20,21)22/h3-9H,1-2H3,(H,23,25)(H,24,26). The van der Waals surface area contributed by atoms with Crippen molar-refractivity contribution in [1.29, 1.82) is 0 Å². The number of carbonyl (C=O) groups is 2. The topological polar surface area (TPSA) is 58.2 Å². The van der Waals surface area contributed by atoms with Crippen molar-refractivity contribution >= 4 is 49.2 Å². The molecule has 0 spiro atoms. The normalized spacial score (nSPS) is 18.0. The summed E-state index contributed by atoms with van der Waals surface area (Å²) in [5.41, 5.74) is -1.92. The van der Waals surface area contributed by atoms with Crippen LogP contribution in [-0.2, 0) is 15.8 Å². The Bertz CT molecular complexity index is 785. The molecule has 2 amide bonds. The van der Waals surface area contributed by atoms with E-state index in [1.54, 1.807) is 0 Å². The summed E-state index contributed by atoms with van der Waals surface area (Å²) in [6.45, 7) is 2.54. The maximum atomic E-state index is 13.3. The van der Waals surface area contributed by atoms with Crippen LogP contribution in [0.25, 0.3) is 5.57 Å². The van der Waals surface area contributed by atoms with Gasteiger partial charge in [0.1, 0.15) is 3.23 Å². The molecule has 1 aromatic rings. The number of hydrogen-bond acceptors (Lipinski definition) is 2. The van der Waals surface area contributed by atoms with Crippen molar-refractivity contribution in [2.24, 2.45) is 0 Å². The summed E-state index contributed by atoms with van der Waals surface area (Å²) in [7, 11) is 0. The zero-order chi connectivity index (χ0) is 19.8. The van der Waals surface area contributed by atoms with Crippen molar-refractivity contribution in [3.8, 4) is 0 Å². The quantitative estimate of drug-likeness (QED) is 0.489. The van der Waals surface area contributed by atoms with Crippen LogP contribution in [0, 0.1) is 0 Å². The predicted molar refractivity (Wildman–Crippen MR) is 99.5 cm³/mol. The highest BCUT2D eigenvalue weighted by atomic mass is 79.9. The number of alkyl halides is 5. The number of hydrogen-bond donors (Lipinski definition) is 2. The molecule has 0 saturated carbocycles. The first-order chi connectivity index (χ1) is 11.9. The Morgan fingerprint density at radius 1 is 1.04 bits per heavy atom. The van der Waals surface area contributed by atoms with E-state index in [2.05, 4.69) is 42.5 Å². The van der Waals surface area contributed by atoms with Crippen molar-refractivity contribution in [3.63, 3.8) is 0 Å². The Labute approximate surface area is 165 Å². The Kier molecular flexibility index (Phi) is 5.72. The van der Waals surface area contributed by atoms with Gasteiger partial charge in [-0.15, -0.1) is 0 Å². The van der Waals surface area contributed by atoms with Gasteiger partial charge in [0.2, 0.25) is 11.8 Å². The van der Waals surface area contributed by atoms with Gasteiger partial charge < -0.3 is 10.6 Å². The second-order valence-electron chi connectivity index (χ2n) is 5.77. The molecule has 0 bridgehead atoms. The SMILES string of the molecule is CC(=O)NC1(NC(C)=O)C=CC(c2ccccc2C(F)(F)F)=CC1(Br)Br. The zero-order valence-electron chi connectivity index (χ0n) is 13.7. The maximum Gasteiger partial charge on any atom is 0.417 e. The molecule has 0 heterocycles. The minimum absolute atomic E-state index is 0.0150. The lowest BCUT2D eigenvalue weighted by atomic mass is 9.90. The molecule has 0 aliphatic heterocycles. The third-order valence-corrected chi connectivity index (χ3v) is 5.37.